The van der Waals surface area contributed by atoms with Crippen LogP contribution in [0.25, 0.3) is 5.69 Å². The number of anilines is 1. The Bertz CT molecular complexity index is 944. The molecule has 1 N–H and O–H groups in total. The Morgan fingerprint density at radius 2 is 1.45 bits per heavy atom. The summed E-state index contributed by atoms with van der Waals surface area (Å²) >= 11 is 0. The Labute approximate surface area is 170 Å². The molecule has 29 heavy (non-hydrogen) atoms. The molecule has 1 aliphatic heterocycles. The summed E-state index contributed by atoms with van der Waals surface area (Å²) in [6.45, 7) is 2.96. The summed E-state index contributed by atoms with van der Waals surface area (Å²) in [5.74, 6) is 0.00835. The smallest absolute Gasteiger partial charge is 0.253 e. The lowest BCUT2D eigenvalue weighted by atomic mass is 10.1. The van der Waals surface area contributed by atoms with Crippen molar-refractivity contribution in [1.29, 1.82) is 0 Å². The first-order valence-corrected chi connectivity index (χ1v) is 9.79. The second-order valence-corrected chi connectivity index (χ2v) is 7.12. The van der Waals surface area contributed by atoms with E-state index in [4.69, 9.17) is 0 Å². The molecule has 0 unspecified atom stereocenters. The molecule has 0 aliphatic carbocycles. The normalized spacial score (nSPS) is 14.6. The van der Waals surface area contributed by atoms with Crippen LogP contribution in [-0.2, 0) is 4.79 Å². The minimum atomic E-state index is -0.0309. The fourth-order valence-corrected chi connectivity index (χ4v) is 3.50. The van der Waals surface area contributed by atoms with Gasteiger partial charge >= 0.3 is 0 Å². The van der Waals surface area contributed by atoms with E-state index >= 15 is 0 Å². The topological polar surface area (TPSA) is 57.6 Å². The van der Waals surface area contributed by atoms with E-state index in [1.165, 1.54) is 0 Å². The fraction of sp³-hybridized carbons (Fsp3) is 0.217. The lowest BCUT2D eigenvalue weighted by molar-refractivity contribution is -0.117. The lowest BCUT2D eigenvalue weighted by Gasteiger charge is -2.34. The molecule has 1 aliphatic rings. The van der Waals surface area contributed by atoms with Crippen molar-refractivity contribution in [3.63, 3.8) is 0 Å². The van der Waals surface area contributed by atoms with Gasteiger partial charge in [-0.1, -0.05) is 18.2 Å². The van der Waals surface area contributed by atoms with E-state index in [9.17, 15) is 9.59 Å². The van der Waals surface area contributed by atoms with Crippen molar-refractivity contribution in [3.8, 4) is 5.69 Å². The van der Waals surface area contributed by atoms with Gasteiger partial charge in [0.2, 0.25) is 5.91 Å². The number of hydrogen-bond donors (Lipinski definition) is 1. The molecule has 3 aromatic rings. The highest BCUT2D eigenvalue weighted by molar-refractivity contribution is 5.94. The Kier molecular flexibility index (Phi) is 5.72. The van der Waals surface area contributed by atoms with Gasteiger partial charge in [-0.05, 0) is 48.5 Å². The van der Waals surface area contributed by atoms with Gasteiger partial charge in [-0.15, -0.1) is 0 Å². The molecule has 0 saturated carbocycles. The Balaban J connectivity index is 1.28. The number of amides is 2. The van der Waals surface area contributed by atoms with Gasteiger partial charge in [0.15, 0.2) is 0 Å². The maximum atomic E-state index is 12.8. The molecule has 2 aromatic carbocycles. The van der Waals surface area contributed by atoms with Crippen molar-refractivity contribution in [1.82, 2.24) is 14.4 Å². The first-order valence-electron chi connectivity index (χ1n) is 9.79. The lowest BCUT2D eigenvalue weighted by Crippen LogP contribution is -2.50. The predicted molar refractivity (Wildman–Crippen MR) is 113 cm³/mol. The van der Waals surface area contributed by atoms with Crippen LogP contribution in [0.1, 0.15) is 10.4 Å². The van der Waals surface area contributed by atoms with E-state index in [1.807, 2.05) is 88.6 Å². The van der Waals surface area contributed by atoms with Gasteiger partial charge in [0, 0.05) is 55.5 Å². The molecule has 0 radical (unpaired) electrons. The number of nitrogens with zero attached hydrogens (tertiary/aromatic N) is 3. The van der Waals surface area contributed by atoms with Gasteiger partial charge in [-0.3, -0.25) is 14.5 Å². The van der Waals surface area contributed by atoms with Crippen LogP contribution in [0.5, 0.6) is 0 Å². The first kappa shape index (κ1) is 19.0. The largest absolute Gasteiger partial charge is 0.336 e. The van der Waals surface area contributed by atoms with E-state index in [0.29, 0.717) is 38.3 Å². The number of carbonyl (C=O) groups excluding carboxylic acids is 2. The molecule has 6 nitrogen and oxygen atoms in total. The van der Waals surface area contributed by atoms with Crippen molar-refractivity contribution < 1.29 is 9.59 Å². The number of nitrogens with one attached hydrogen (secondary N) is 1. The number of carbonyl (C=O) groups is 2. The van der Waals surface area contributed by atoms with Crippen LogP contribution in [0, 0.1) is 0 Å². The van der Waals surface area contributed by atoms with Crippen LogP contribution in [0.2, 0.25) is 0 Å². The van der Waals surface area contributed by atoms with Crippen LogP contribution in [-0.4, -0.2) is 58.9 Å². The summed E-state index contributed by atoms with van der Waals surface area (Å²) in [6, 6.07) is 21.0. The minimum absolute atomic E-state index is 0.0309. The number of rotatable bonds is 5. The number of benzene rings is 2. The van der Waals surface area contributed by atoms with Crippen molar-refractivity contribution in [3.05, 3.63) is 84.7 Å². The average molecular weight is 388 g/mol. The van der Waals surface area contributed by atoms with Gasteiger partial charge < -0.3 is 14.8 Å². The van der Waals surface area contributed by atoms with Gasteiger partial charge in [0.25, 0.3) is 5.91 Å². The molecule has 6 heteroatoms. The van der Waals surface area contributed by atoms with Gasteiger partial charge in [0.05, 0.1) is 6.54 Å². The van der Waals surface area contributed by atoms with Crippen LogP contribution in [0.4, 0.5) is 5.69 Å². The third kappa shape index (κ3) is 4.73. The first-order chi connectivity index (χ1) is 14.2. The molecule has 1 aromatic heterocycles. The summed E-state index contributed by atoms with van der Waals surface area (Å²) < 4.78 is 2.01. The zero-order valence-corrected chi connectivity index (χ0v) is 16.2. The van der Waals surface area contributed by atoms with Crippen molar-refractivity contribution in [2.45, 2.75) is 0 Å². The molecule has 2 amide bonds. The third-order valence-corrected chi connectivity index (χ3v) is 5.10. The summed E-state index contributed by atoms with van der Waals surface area (Å²) in [7, 11) is 0. The van der Waals surface area contributed by atoms with E-state index in [-0.39, 0.29) is 11.8 Å². The SMILES string of the molecule is O=C(CN1CCN(C(=O)c2ccc(-n3cccc3)cc2)CC1)Nc1ccccc1. The zero-order chi connectivity index (χ0) is 20.1. The fourth-order valence-electron chi connectivity index (χ4n) is 3.50. The van der Waals surface area contributed by atoms with Crippen LogP contribution in [0.15, 0.2) is 79.1 Å². The second-order valence-electron chi connectivity index (χ2n) is 7.12. The molecule has 0 spiro atoms. The second kappa shape index (κ2) is 8.75. The molecule has 148 valence electrons. The highest BCUT2D eigenvalue weighted by Gasteiger charge is 2.23. The Morgan fingerprint density at radius 3 is 2.10 bits per heavy atom. The number of piperazine rings is 1. The molecular weight excluding hydrogens is 364 g/mol. The highest BCUT2D eigenvalue weighted by Crippen LogP contribution is 2.13. The number of hydrogen-bond acceptors (Lipinski definition) is 3. The van der Waals surface area contributed by atoms with Crippen LogP contribution < -0.4 is 5.32 Å². The maximum Gasteiger partial charge on any atom is 0.253 e. The van der Waals surface area contributed by atoms with Crippen LogP contribution >= 0.6 is 0 Å². The predicted octanol–water partition coefficient (Wildman–Crippen LogP) is 2.87. The summed E-state index contributed by atoms with van der Waals surface area (Å²) in [6.07, 6.45) is 3.95. The molecule has 2 heterocycles. The minimum Gasteiger partial charge on any atom is -0.336 e. The summed E-state index contributed by atoms with van der Waals surface area (Å²) in [5.41, 5.74) is 2.52. The summed E-state index contributed by atoms with van der Waals surface area (Å²) in [5, 5.41) is 2.90. The van der Waals surface area contributed by atoms with E-state index in [2.05, 4.69) is 10.2 Å². The van der Waals surface area contributed by atoms with Crippen molar-refractivity contribution >= 4 is 17.5 Å². The van der Waals surface area contributed by atoms with Gasteiger partial charge in [-0.25, -0.2) is 0 Å². The van der Waals surface area contributed by atoms with Crippen molar-refractivity contribution in [2.24, 2.45) is 0 Å². The van der Waals surface area contributed by atoms with Crippen molar-refractivity contribution in [2.75, 3.05) is 38.0 Å². The standard InChI is InChI=1S/C23H24N4O2/c28-22(24-20-6-2-1-3-7-20)18-25-14-16-27(17-15-25)23(29)19-8-10-21(11-9-19)26-12-4-5-13-26/h1-13H,14-18H2,(H,24,28). The average Bonchev–Trinajstić information content (AvgIpc) is 3.29. The molecule has 1 fully saturated rings. The van der Waals surface area contributed by atoms with Gasteiger partial charge in [-0.2, -0.15) is 0 Å². The monoisotopic (exact) mass is 388 g/mol. The third-order valence-electron chi connectivity index (χ3n) is 5.10. The quantitative estimate of drug-likeness (QED) is 0.731. The molecule has 0 bridgehead atoms. The molecular formula is C23H24N4O2. The summed E-state index contributed by atoms with van der Waals surface area (Å²) in [4.78, 5) is 28.9. The highest BCUT2D eigenvalue weighted by atomic mass is 16.2. The Hall–Kier alpha value is -3.38. The van der Waals surface area contributed by atoms with E-state index < -0.39 is 0 Å². The Morgan fingerprint density at radius 1 is 0.793 bits per heavy atom. The molecule has 0 atom stereocenters. The van der Waals surface area contributed by atoms with E-state index in [1.54, 1.807) is 0 Å². The number of aromatic nitrogens is 1. The maximum absolute atomic E-state index is 12.8. The molecule has 1 saturated heterocycles. The van der Waals surface area contributed by atoms with Gasteiger partial charge in [0.1, 0.15) is 0 Å². The van der Waals surface area contributed by atoms with Crippen LogP contribution in [0.3, 0.4) is 0 Å². The number of para-hydroxylation sites is 1. The zero-order valence-electron chi connectivity index (χ0n) is 16.2. The molecule has 4 rings (SSSR count). The van der Waals surface area contributed by atoms with E-state index in [0.717, 1.165) is 11.4 Å².